The largest absolute Gasteiger partial charge is 0.504 e. The van der Waals surface area contributed by atoms with Gasteiger partial charge in [0.15, 0.2) is 11.5 Å². The second kappa shape index (κ2) is 7.63. The van der Waals surface area contributed by atoms with Crippen molar-refractivity contribution in [3.63, 3.8) is 0 Å². The van der Waals surface area contributed by atoms with Crippen molar-refractivity contribution >= 4 is 5.91 Å². The number of hydrogen-bond donors (Lipinski definition) is 2. The molecule has 5 nitrogen and oxygen atoms in total. The highest BCUT2D eigenvalue weighted by Gasteiger charge is 2.10. The molecule has 106 valence electrons. The maximum atomic E-state index is 11.8. The molecule has 1 aromatic rings. The van der Waals surface area contributed by atoms with E-state index in [1.165, 1.54) is 7.11 Å². The number of rotatable bonds is 7. The van der Waals surface area contributed by atoms with Gasteiger partial charge in [-0.25, -0.2) is 0 Å². The Morgan fingerprint density at radius 2 is 2.05 bits per heavy atom. The van der Waals surface area contributed by atoms with E-state index in [-0.39, 0.29) is 18.2 Å². The molecule has 1 rings (SSSR count). The van der Waals surface area contributed by atoms with Crippen LogP contribution < -0.4 is 10.1 Å². The van der Waals surface area contributed by atoms with Crippen molar-refractivity contribution in [2.45, 2.75) is 20.4 Å². The van der Waals surface area contributed by atoms with Crippen molar-refractivity contribution in [2.24, 2.45) is 0 Å². The lowest BCUT2D eigenvalue weighted by Gasteiger charge is -2.19. The van der Waals surface area contributed by atoms with Gasteiger partial charge in [-0.1, -0.05) is 12.1 Å². The summed E-state index contributed by atoms with van der Waals surface area (Å²) in [5.41, 5.74) is 0.715. The summed E-state index contributed by atoms with van der Waals surface area (Å²) in [5.74, 6) is 0.620. The number of amides is 1. The molecular formula is C14H22N2O3. The monoisotopic (exact) mass is 266 g/mol. The second-order valence-electron chi connectivity index (χ2n) is 4.14. The third kappa shape index (κ3) is 4.13. The highest BCUT2D eigenvalue weighted by Crippen LogP contribution is 2.28. The zero-order valence-electron chi connectivity index (χ0n) is 11.8. The highest BCUT2D eigenvalue weighted by atomic mass is 16.5. The van der Waals surface area contributed by atoms with E-state index in [4.69, 9.17) is 4.74 Å². The van der Waals surface area contributed by atoms with Gasteiger partial charge in [0.2, 0.25) is 5.91 Å². The standard InChI is InChI=1S/C14H22N2O3/c1-4-16(5-2)13(17)10-15-9-11-7-6-8-12(19-3)14(11)18/h6-8,15,18H,4-5,9-10H2,1-3H3. The van der Waals surface area contributed by atoms with Crippen molar-refractivity contribution in [1.82, 2.24) is 10.2 Å². The molecule has 0 radical (unpaired) electrons. The Labute approximate surface area is 114 Å². The second-order valence-corrected chi connectivity index (χ2v) is 4.14. The Morgan fingerprint density at radius 3 is 2.63 bits per heavy atom. The zero-order chi connectivity index (χ0) is 14.3. The first kappa shape index (κ1) is 15.3. The fraction of sp³-hybridized carbons (Fsp3) is 0.500. The summed E-state index contributed by atoms with van der Waals surface area (Å²) in [6, 6.07) is 5.30. The van der Waals surface area contributed by atoms with Gasteiger partial charge in [-0.05, 0) is 19.9 Å². The Bertz CT molecular complexity index is 417. The number of para-hydroxylation sites is 1. The van der Waals surface area contributed by atoms with Crippen LogP contribution in [0.4, 0.5) is 0 Å². The minimum atomic E-state index is 0.0624. The van der Waals surface area contributed by atoms with E-state index >= 15 is 0 Å². The van der Waals surface area contributed by atoms with Gasteiger partial charge in [-0.3, -0.25) is 4.79 Å². The average Bonchev–Trinajstić information content (AvgIpc) is 2.42. The summed E-state index contributed by atoms with van der Waals surface area (Å²) in [6.07, 6.45) is 0. The first-order valence-electron chi connectivity index (χ1n) is 6.47. The number of carbonyl (C=O) groups is 1. The van der Waals surface area contributed by atoms with Crippen molar-refractivity contribution in [2.75, 3.05) is 26.7 Å². The van der Waals surface area contributed by atoms with Gasteiger partial charge in [0, 0.05) is 25.2 Å². The number of benzene rings is 1. The first-order valence-corrected chi connectivity index (χ1v) is 6.47. The summed E-state index contributed by atoms with van der Waals surface area (Å²) in [5, 5.41) is 12.9. The predicted molar refractivity (Wildman–Crippen MR) is 74.3 cm³/mol. The van der Waals surface area contributed by atoms with Crippen LogP contribution in [0.1, 0.15) is 19.4 Å². The fourth-order valence-electron chi connectivity index (χ4n) is 1.87. The Hall–Kier alpha value is -1.75. The molecule has 2 N–H and O–H groups in total. The quantitative estimate of drug-likeness (QED) is 0.782. The molecule has 0 unspecified atom stereocenters. The number of carbonyl (C=O) groups excluding carboxylic acids is 1. The Kier molecular flexibility index (Phi) is 6.15. The number of phenols is 1. The molecule has 0 aromatic heterocycles. The van der Waals surface area contributed by atoms with Crippen LogP contribution in [0.25, 0.3) is 0 Å². The lowest BCUT2D eigenvalue weighted by atomic mass is 10.2. The van der Waals surface area contributed by atoms with Crippen molar-refractivity contribution in [3.05, 3.63) is 23.8 Å². The highest BCUT2D eigenvalue weighted by molar-refractivity contribution is 5.78. The normalized spacial score (nSPS) is 10.3. The smallest absolute Gasteiger partial charge is 0.236 e. The molecule has 0 bridgehead atoms. The average molecular weight is 266 g/mol. The van der Waals surface area contributed by atoms with Crippen LogP contribution in [0.15, 0.2) is 18.2 Å². The third-order valence-corrected chi connectivity index (χ3v) is 3.01. The van der Waals surface area contributed by atoms with Gasteiger partial charge >= 0.3 is 0 Å². The molecule has 1 aromatic carbocycles. The molecule has 0 saturated carbocycles. The minimum absolute atomic E-state index is 0.0624. The van der Waals surface area contributed by atoms with E-state index in [9.17, 15) is 9.90 Å². The van der Waals surface area contributed by atoms with E-state index in [0.717, 1.165) is 0 Å². The molecular weight excluding hydrogens is 244 g/mol. The van der Waals surface area contributed by atoms with E-state index in [0.29, 0.717) is 30.9 Å². The van der Waals surface area contributed by atoms with Gasteiger partial charge in [-0.15, -0.1) is 0 Å². The zero-order valence-corrected chi connectivity index (χ0v) is 11.8. The van der Waals surface area contributed by atoms with E-state index in [1.807, 2.05) is 19.9 Å². The first-order chi connectivity index (χ1) is 9.13. The molecule has 0 spiro atoms. The van der Waals surface area contributed by atoms with Crippen molar-refractivity contribution < 1.29 is 14.6 Å². The molecule has 0 fully saturated rings. The summed E-state index contributed by atoms with van der Waals surface area (Å²) >= 11 is 0. The van der Waals surface area contributed by atoms with Crippen molar-refractivity contribution in [1.29, 1.82) is 0 Å². The molecule has 0 atom stereocenters. The van der Waals surface area contributed by atoms with Gasteiger partial charge in [0.25, 0.3) is 0 Å². The van der Waals surface area contributed by atoms with Crippen LogP contribution in [0.3, 0.4) is 0 Å². The number of aromatic hydroxyl groups is 1. The van der Waals surface area contributed by atoms with E-state index < -0.39 is 0 Å². The van der Waals surface area contributed by atoms with Gasteiger partial charge in [0.05, 0.1) is 13.7 Å². The third-order valence-electron chi connectivity index (χ3n) is 3.01. The minimum Gasteiger partial charge on any atom is -0.504 e. The predicted octanol–water partition coefficient (Wildman–Crippen LogP) is 1.36. The van der Waals surface area contributed by atoms with Gasteiger partial charge in [-0.2, -0.15) is 0 Å². The van der Waals surface area contributed by atoms with Crippen LogP contribution in [0.5, 0.6) is 11.5 Å². The van der Waals surface area contributed by atoms with Crippen LogP contribution >= 0.6 is 0 Å². The topological polar surface area (TPSA) is 61.8 Å². The Morgan fingerprint density at radius 1 is 1.37 bits per heavy atom. The number of nitrogens with zero attached hydrogens (tertiary/aromatic N) is 1. The van der Waals surface area contributed by atoms with Gasteiger partial charge in [0.1, 0.15) is 0 Å². The van der Waals surface area contributed by atoms with Crippen LogP contribution in [-0.4, -0.2) is 42.7 Å². The van der Waals surface area contributed by atoms with Crippen LogP contribution in [0, 0.1) is 0 Å². The van der Waals surface area contributed by atoms with E-state index in [1.54, 1.807) is 17.0 Å². The number of methoxy groups -OCH3 is 1. The van der Waals surface area contributed by atoms with Crippen LogP contribution in [-0.2, 0) is 11.3 Å². The molecule has 0 aliphatic carbocycles. The number of hydrogen-bond acceptors (Lipinski definition) is 4. The maximum Gasteiger partial charge on any atom is 0.236 e. The van der Waals surface area contributed by atoms with Crippen LogP contribution in [0.2, 0.25) is 0 Å². The number of likely N-dealkylation sites (N-methyl/N-ethyl adjacent to an activating group) is 1. The number of nitrogens with one attached hydrogen (secondary N) is 1. The number of phenolic OH excluding ortho intramolecular Hbond substituents is 1. The van der Waals surface area contributed by atoms with E-state index in [2.05, 4.69) is 5.32 Å². The van der Waals surface area contributed by atoms with Crippen molar-refractivity contribution in [3.8, 4) is 11.5 Å². The molecule has 0 heterocycles. The molecule has 1 amide bonds. The summed E-state index contributed by atoms with van der Waals surface area (Å²) in [4.78, 5) is 13.5. The molecule has 19 heavy (non-hydrogen) atoms. The molecule has 0 aliphatic heterocycles. The molecule has 0 saturated heterocycles. The molecule has 0 aliphatic rings. The summed E-state index contributed by atoms with van der Waals surface area (Å²) < 4.78 is 5.03. The summed E-state index contributed by atoms with van der Waals surface area (Å²) in [6.45, 7) is 6.02. The summed E-state index contributed by atoms with van der Waals surface area (Å²) in [7, 11) is 1.51. The molecule has 5 heteroatoms. The number of ether oxygens (including phenoxy) is 1. The fourth-order valence-corrected chi connectivity index (χ4v) is 1.87. The maximum absolute atomic E-state index is 11.8. The lowest BCUT2D eigenvalue weighted by molar-refractivity contribution is -0.129. The lowest BCUT2D eigenvalue weighted by Crippen LogP contribution is -2.37. The van der Waals surface area contributed by atoms with Gasteiger partial charge < -0.3 is 20.1 Å². The Balaban J connectivity index is 2.52. The SMILES string of the molecule is CCN(CC)C(=O)CNCc1cccc(OC)c1O.